The van der Waals surface area contributed by atoms with Crippen LogP contribution in [-0.4, -0.2) is 17.8 Å². The van der Waals surface area contributed by atoms with Crippen LogP contribution in [0.4, 0.5) is 0 Å². The molecule has 0 saturated carbocycles. The first-order valence-electron chi connectivity index (χ1n) is 6.76. The minimum Gasteiger partial charge on any atom is -0.491 e. The van der Waals surface area contributed by atoms with Crippen LogP contribution in [0.1, 0.15) is 52.5 Å². The lowest BCUT2D eigenvalue weighted by Gasteiger charge is -2.29. The van der Waals surface area contributed by atoms with Gasteiger partial charge in [-0.05, 0) is 29.4 Å². The predicted octanol–water partition coefficient (Wildman–Crippen LogP) is 3.99. The molecular formula is C16H26O2. The molecule has 18 heavy (non-hydrogen) atoms. The van der Waals surface area contributed by atoms with Gasteiger partial charge in [0, 0.05) is 0 Å². The molecule has 0 fully saturated rings. The molecule has 2 heteroatoms. The number of hydrogen-bond donors (Lipinski definition) is 1. The minimum absolute atomic E-state index is 0.197. The molecule has 0 amide bonds. The molecule has 1 aromatic carbocycles. The molecule has 0 radical (unpaired) electrons. The minimum atomic E-state index is -0.386. The molecule has 1 N–H and O–H groups in total. The Bertz CT molecular complexity index is 366. The summed E-state index contributed by atoms with van der Waals surface area (Å²) < 4.78 is 5.76. The predicted molar refractivity (Wildman–Crippen MR) is 76.1 cm³/mol. The molecule has 0 aliphatic carbocycles. The second kappa shape index (κ2) is 6.24. The summed E-state index contributed by atoms with van der Waals surface area (Å²) in [7, 11) is 0. The highest BCUT2D eigenvalue weighted by molar-refractivity contribution is 5.36. The molecule has 0 heterocycles. The fourth-order valence-electron chi connectivity index (χ4n) is 1.74. The van der Waals surface area contributed by atoms with Crippen molar-refractivity contribution in [1.82, 2.24) is 0 Å². The molecule has 0 aliphatic heterocycles. The normalized spacial score (nSPS) is 15.2. The second-order valence-corrected chi connectivity index (χ2v) is 6.00. The molecule has 0 spiro atoms. The monoisotopic (exact) mass is 250 g/mol. The van der Waals surface area contributed by atoms with E-state index in [2.05, 4.69) is 33.8 Å². The van der Waals surface area contributed by atoms with Crippen LogP contribution in [0, 0.1) is 5.41 Å². The molecule has 0 aliphatic rings. The average molecular weight is 250 g/mol. The van der Waals surface area contributed by atoms with Crippen LogP contribution in [0.2, 0.25) is 0 Å². The van der Waals surface area contributed by atoms with E-state index in [1.165, 1.54) is 5.56 Å². The number of rotatable bonds is 5. The third kappa shape index (κ3) is 4.02. The van der Waals surface area contributed by atoms with Crippen molar-refractivity contribution in [1.29, 1.82) is 0 Å². The van der Waals surface area contributed by atoms with Crippen LogP contribution in [0.25, 0.3) is 0 Å². The number of aliphatic hydroxyl groups is 1. The molecule has 0 aromatic heterocycles. The Morgan fingerprint density at radius 3 is 2.39 bits per heavy atom. The van der Waals surface area contributed by atoms with Gasteiger partial charge in [-0.1, -0.05) is 52.8 Å². The lowest BCUT2D eigenvalue weighted by atomic mass is 9.77. The van der Waals surface area contributed by atoms with Gasteiger partial charge >= 0.3 is 0 Å². The molecule has 0 bridgehead atoms. The van der Waals surface area contributed by atoms with Gasteiger partial charge in [-0.25, -0.2) is 0 Å². The molecule has 0 saturated heterocycles. The molecule has 1 aromatic rings. The van der Waals surface area contributed by atoms with Gasteiger partial charge in [-0.2, -0.15) is 0 Å². The average Bonchev–Trinajstić information content (AvgIpc) is 2.34. The third-order valence-electron chi connectivity index (χ3n) is 3.59. The maximum Gasteiger partial charge on any atom is 0.122 e. The zero-order valence-electron chi connectivity index (χ0n) is 12.2. The number of hydrogen-bond acceptors (Lipinski definition) is 2. The fraction of sp³-hybridized carbons (Fsp3) is 0.625. The molecular weight excluding hydrogens is 224 g/mol. The van der Waals surface area contributed by atoms with Gasteiger partial charge in [0.1, 0.15) is 12.4 Å². The van der Waals surface area contributed by atoms with Crippen LogP contribution >= 0.6 is 0 Å². The summed E-state index contributed by atoms with van der Waals surface area (Å²) in [4.78, 5) is 0. The van der Waals surface area contributed by atoms with Crippen molar-refractivity contribution in [2.24, 2.45) is 5.41 Å². The van der Waals surface area contributed by atoms with Gasteiger partial charge in [0.15, 0.2) is 0 Å². The number of aliphatic hydroxyl groups excluding tert-OH is 1. The summed E-state index contributed by atoms with van der Waals surface area (Å²) in [6.45, 7) is 11.2. The first-order chi connectivity index (χ1) is 8.36. The Hall–Kier alpha value is -1.02. The lowest BCUT2D eigenvalue weighted by Crippen LogP contribution is -2.19. The van der Waals surface area contributed by atoms with E-state index in [0.717, 1.165) is 12.2 Å². The van der Waals surface area contributed by atoms with E-state index in [9.17, 15) is 5.11 Å². The SMILES string of the molecule is CCC(O)COc1ccccc1[C@@H](C)C(C)(C)C. The van der Waals surface area contributed by atoms with E-state index >= 15 is 0 Å². The van der Waals surface area contributed by atoms with E-state index < -0.39 is 0 Å². The molecule has 1 unspecified atom stereocenters. The first-order valence-corrected chi connectivity index (χ1v) is 6.76. The van der Waals surface area contributed by atoms with Gasteiger partial charge in [-0.15, -0.1) is 0 Å². The van der Waals surface area contributed by atoms with Gasteiger partial charge < -0.3 is 9.84 Å². The standard InChI is InChI=1S/C16H26O2/c1-6-13(17)11-18-15-10-8-7-9-14(15)12(2)16(3,4)5/h7-10,12-13,17H,6,11H2,1-5H3/t12-,13?/m1/s1. The van der Waals surface area contributed by atoms with Crippen molar-refractivity contribution in [2.75, 3.05) is 6.61 Å². The zero-order valence-corrected chi connectivity index (χ0v) is 12.2. The largest absolute Gasteiger partial charge is 0.491 e. The van der Waals surface area contributed by atoms with E-state index in [0.29, 0.717) is 12.5 Å². The maximum atomic E-state index is 9.58. The number of para-hydroxylation sites is 1. The Morgan fingerprint density at radius 2 is 1.83 bits per heavy atom. The Kier molecular flexibility index (Phi) is 5.21. The summed E-state index contributed by atoms with van der Waals surface area (Å²) in [6.07, 6.45) is 0.333. The highest BCUT2D eigenvalue weighted by Crippen LogP contribution is 2.38. The van der Waals surface area contributed by atoms with Crippen LogP contribution in [0.5, 0.6) is 5.75 Å². The van der Waals surface area contributed by atoms with Crippen LogP contribution < -0.4 is 4.74 Å². The van der Waals surface area contributed by atoms with Crippen molar-refractivity contribution in [3.8, 4) is 5.75 Å². The van der Waals surface area contributed by atoms with Crippen LogP contribution in [0.15, 0.2) is 24.3 Å². The van der Waals surface area contributed by atoms with Gasteiger partial charge in [0.25, 0.3) is 0 Å². The fourth-order valence-corrected chi connectivity index (χ4v) is 1.74. The number of ether oxygens (including phenoxy) is 1. The van der Waals surface area contributed by atoms with Crippen molar-refractivity contribution in [3.63, 3.8) is 0 Å². The van der Waals surface area contributed by atoms with Crippen LogP contribution in [0.3, 0.4) is 0 Å². The zero-order chi connectivity index (χ0) is 13.8. The highest BCUT2D eigenvalue weighted by Gasteiger charge is 2.24. The molecule has 2 atom stereocenters. The topological polar surface area (TPSA) is 29.5 Å². The quantitative estimate of drug-likeness (QED) is 0.856. The van der Waals surface area contributed by atoms with Crippen LogP contribution in [-0.2, 0) is 0 Å². The van der Waals surface area contributed by atoms with E-state index in [4.69, 9.17) is 4.74 Å². The van der Waals surface area contributed by atoms with E-state index in [-0.39, 0.29) is 11.5 Å². The Balaban J connectivity index is 2.86. The highest BCUT2D eigenvalue weighted by atomic mass is 16.5. The smallest absolute Gasteiger partial charge is 0.122 e. The van der Waals surface area contributed by atoms with Crippen molar-refractivity contribution < 1.29 is 9.84 Å². The lowest BCUT2D eigenvalue weighted by molar-refractivity contribution is 0.103. The number of benzene rings is 1. The maximum absolute atomic E-state index is 9.58. The molecule has 1 rings (SSSR count). The molecule has 102 valence electrons. The Labute approximate surface area is 111 Å². The first kappa shape index (κ1) is 15.0. The summed E-state index contributed by atoms with van der Waals surface area (Å²) in [5.41, 5.74) is 1.41. The summed E-state index contributed by atoms with van der Waals surface area (Å²) in [5.74, 6) is 1.31. The third-order valence-corrected chi connectivity index (χ3v) is 3.59. The van der Waals surface area contributed by atoms with E-state index in [1.807, 2.05) is 25.1 Å². The summed E-state index contributed by atoms with van der Waals surface area (Å²) in [5, 5.41) is 9.58. The van der Waals surface area contributed by atoms with Crippen molar-refractivity contribution in [2.45, 2.75) is 53.1 Å². The second-order valence-electron chi connectivity index (χ2n) is 6.00. The van der Waals surface area contributed by atoms with Crippen molar-refractivity contribution >= 4 is 0 Å². The molecule has 2 nitrogen and oxygen atoms in total. The summed E-state index contributed by atoms with van der Waals surface area (Å²) >= 11 is 0. The van der Waals surface area contributed by atoms with Crippen molar-refractivity contribution in [3.05, 3.63) is 29.8 Å². The van der Waals surface area contributed by atoms with E-state index in [1.54, 1.807) is 0 Å². The van der Waals surface area contributed by atoms with Gasteiger partial charge in [0.05, 0.1) is 6.10 Å². The van der Waals surface area contributed by atoms with Gasteiger partial charge in [0.2, 0.25) is 0 Å². The van der Waals surface area contributed by atoms with Gasteiger partial charge in [-0.3, -0.25) is 0 Å². The summed E-state index contributed by atoms with van der Waals surface area (Å²) in [6, 6.07) is 8.12. The Morgan fingerprint density at radius 1 is 1.22 bits per heavy atom.